The molecule has 0 spiro atoms. The van der Waals surface area contributed by atoms with Gasteiger partial charge in [0.1, 0.15) is 5.75 Å². The molecule has 1 saturated heterocycles. The topological polar surface area (TPSA) is 47.6 Å². The van der Waals surface area contributed by atoms with Crippen LogP contribution in [0.2, 0.25) is 0 Å². The van der Waals surface area contributed by atoms with Crippen molar-refractivity contribution >= 4 is 5.97 Å². The Kier molecular flexibility index (Phi) is 5.21. The average Bonchev–Trinajstić information content (AvgIpc) is 2.48. The maximum Gasteiger partial charge on any atom is 0.337 e. The standard InChI is InChI=1S/C15H21NO3/c1-18-15(17)13-5-2-6-14(10-13)19-9-7-12-4-3-8-16-11-12/h2,5-6,10,12,16H,3-4,7-9,11H2,1H3/t12-/m1/s1. The highest BCUT2D eigenvalue weighted by atomic mass is 16.5. The Morgan fingerprint density at radius 3 is 3.11 bits per heavy atom. The third-order valence-corrected chi connectivity index (χ3v) is 3.45. The van der Waals surface area contributed by atoms with Crippen LogP contribution in [0.1, 0.15) is 29.6 Å². The van der Waals surface area contributed by atoms with Gasteiger partial charge in [0.25, 0.3) is 0 Å². The molecule has 0 unspecified atom stereocenters. The monoisotopic (exact) mass is 263 g/mol. The first-order valence-corrected chi connectivity index (χ1v) is 6.81. The highest BCUT2D eigenvalue weighted by molar-refractivity contribution is 5.89. The molecule has 1 aliphatic rings. The van der Waals surface area contributed by atoms with Crippen molar-refractivity contribution in [1.82, 2.24) is 5.32 Å². The summed E-state index contributed by atoms with van der Waals surface area (Å²) >= 11 is 0. The minimum Gasteiger partial charge on any atom is -0.494 e. The minimum absolute atomic E-state index is 0.332. The van der Waals surface area contributed by atoms with E-state index in [0.29, 0.717) is 18.1 Å². The van der Waals surface area contributed by atoms with Crippen LogP contribution in [0, 0.1) is 5.92 Å². The van der Waals surface area contributed by atoms with Gasteiger partial charge >= 0.3 is 5.97 Å². The number of esters is 1. The molecular formula is C15H21NO3. The molecule has 19 heavy (non-hydrogen) atoms. The normalized spacial score (nSPS) is 18.9. The van der Waals surface area contributed by atoms with Gasteiger partial charge in [-0.15, -0.1) is 0 Å². The van der Waals surface area contributed by atoms with Gasteiger partial charge in [-0.25, -0.2) is 4.79 Å². The van der Waals surface area contributed by atoms with Crippen LogP contribution < -0.4 is 10.1 Å². The summed E-state index contributed by atoms with van der Waals surface area (Å²) < 4.78 is 10.4. The smallest absolute Gasteiger partial charge is 0.337 e. The zero-order valence-electron chi connectivity index (χ0n) is 11.4. The van der Waals surface area contributed by atoms with Crippen molar-refractivity contribution in [2.45, 2.75) is 19.3 Å². The van der Waals surface area contributed by atoms with Crippen LogP contribution in [0.25, 0.3) is 0 Å². The molecule has 1 aromatic carbocycles. The third kappa shape index (κ3) is 4.24. The van der Waals surface area contributed by atoms with Crippen molar-refractivity contribution in [3.63, 3.8) is 0 Å². The summed E-state index contributed by atoms with van der Waals surface area (Å²) in [4.78, 5) is 11.4. The molecule has 4 nitrogen and oxygen atoms in total. The largest absolute Gasteiger partial charge is 0.494 e. The number of nitrogens with one attached hydrogen (secondary N) is 1. The number of rotatable bonds is 5. The maximum atomic E-state index is 11.4. The van der Waals surface area contributed by atoms with Crippen LogP contribution >= 0.6 is 0 Å². The van der Waals surface area contributed by atoms with E-state index in [4.69, 9.17) is 4.74 Å². The quantitative estimate of drug-likeness (QED) is 0.828. The third-order valence-electron chi connectivity index (χ3n) is 3.45. The molecular weight excluding hydrogens is 242 g/mol. The van der Waals surface area contributed by atoms with Crippen molar-refractivity contribution in [3.05, 3.63) is 29.8 Å². The minimum atomic E-state index is -0.332. The van der Waals surface area contributed by atoms with Crippen LogP contribution in [-0.4, -0.2) is 32.8 Å². The van der Waals surface area contributed by atoms with E-state index in [9.17, 15) is 4.79 Å². The lowest BCUT2D eigenvalue weighted by atomic mass is 9.97. The lowest BCUT2D eigenvalue weighted by Gasteiger charge is -2.22. The van der Waals surface area contributed by atoms with E-state index in [0.717, 1.165) is 25.3 Å². The Hall–Kier alpha value is -1.55. The molecule has 0 amide bonds. The molecule has 1 heterocycles. The Labute approximate surface area is 114 Å². The van der Waals surface area contributed by atoms with Crippen LogP contribution in [0.5, 0.6) is 5.75 Å². The number of methoxy groups -OCH3 is 1. The van der Waals surface area contributed by atoms with Crippen molar-refractivity contribution in [2.24, 2.45) is 5.92 Å². The first-order chi connectivity index (χ1) is 9.29. The molecule has 104 valence electrons. The second-order valence-corrected chi connectivity index (χ2v) is 4.87. The van der Waals surface area contributed by atoms with E-state index in [1.807, 2.05) is 12.1 Å². The summed E-state index contributed by atoms with van der Waals surface area (Å²) in [6.45, 7) is 2.92. The molecule has 4 heteroatoms. The Balaban J connectivity index is 1.80. The second kappa shape index (κ2) is 7.14. The molecule has 1 N–H and O–H groups in total. The highest BCUT2D eigenvalue weighted by Crippen LogP contribution is 2.17. The van der Waals surface area contributed by atoms with Crippen LogP contribution in [-0.2, 0) is 4.74 Å². The van der Waals surface area contributed by atoms with Gasteiger partial charge in [-0.05, 0) is 56.5 Å². The predicted molar refractivity (Wildman–Crippen MR) is 73.5 cm³/mol. The number of hydrogen-bond acceptors (Lipinski definition) is 4. The SMILES string of the molecule is COC(=O)c1cccc(OCC[C@H]2CCCNC2)c1. The molecule has 1 fully saturated rings. The van der Waals surface area contributed by atoms with Gasteiger partial charge in [0.15, 0.2) is 0 Å². The van der Waals surface area contributed by atoms with Crippen LogP contribution in [0.4, 0.5) is 0 Å². The predicted octanol–water partition coefficient (Wildman–Crippen LogP) is 2.24. The summed E-state index contributed by atoms with van der Waals surface area (Å²) in [7, 11) is 1.38. The van der Waals surface area contributed by atoms with E-state index in [-0.39, 0.29) is 5.97 Å². The Morgan fingerprint density at radius 1 is 1.47 bits per heavy atom. The highest BCUT2D eigenvalue weighted by Gasteiger charge is 2.13. The fraction of sp³-hybridized carbons (Fsp3) is 0.533. The Bertz CT molecular complexity index is 414. The zero-order chi connectivity index (χ0) is 13.5. The van der Waals surface area contributed by atoms with E-state index in [1.54, 1.807) is 12.1 Å². The fourth-order valence-electron chi connectivity index (χ4n) is 2.34. The van der Waals surface area contributed by atoms with Crippen molar-refractivity contribution in [3.8, 4) is 5.75 Å². The number of ether oxygens (including phenoxy) is 2. The van der Waals surface area contributed by atoms with Gasteiger partial charge in [-0.3, -0.25) is 0 Å². The first kappa shape index (κ1) is 13.9. The lowest BCUT2D eigenvalue weighted by molar-refractivity contribution is 0.0600. The summed E-state index contributed by atoms with van der Waals surface area (Å²) in [6.07, 6.45) is 3.58. The molecule has 0 radical (unpaired) electrons. The van der Waals surface area contributed by atoms with Gasteiger partial charge < -0.3 is 14.8 Å². The summed E-state index contributed by atoms with van der Waals surface area (Å²) in [5.74, 6) is 1.10. The average molecular weight is 263 g/mol. The molecule has 0 saturated carbocycles. The van der Waals surface area contributed by atoms with Gasteiger partial charge in [0.05, 0.1) is 19.3 Å². The summed E-state index contributed by atoms with van der Waals surface area (Å²) in [6, 6.07) is 7.13. The van der Waals surface area contributed by atoms with E-state index in [2.05, 4.69) is 10.1 Å². The van der Waals surface area contributed by atoms with Crippen LogP contribution in [0.3, 0.4) is 0 Å². The maximum absolute atomic E-state index is 11.4. The number of benzene rings is 1. The molecule has 1 aromatic rings. The van der Waals surface area contributed by atoms with Crippen molar-refractivity contribution in [1.29, 1.82) is 0 Å². The van der Waals surface area contributed by atoms with E-state index >= 15 is 0 Å². The summed E-state index contributed by atoms with van der Waals surface area (Å²) in [5.41, 5.74) is 0.527. The van der Waals surface area contributed by atoms with Crippen LogP contribution in [0.15, 0.2) is 24.3 Å². The summed E-state index contributed by atoms with van der Waals surface area (Å²) in [5, 5.41) is 3.40. The Morgan fingerprint density at radius 2 is 2.37 bits per heavy atom. The molecule has 2 rings (SSSR count). The zero-order valence-corrected chi connectivity index (χ0v) is 11.4. The lowest BCUT2D eigenvalue weighted by Crippen LogP contribution is -2.30. The number of carbonyl (C=O) groups excluding carboxylic acids is 1. The number of hydrogen-bond donors (Lipinski definition) is 1. The van der Waals surface area contributed by atoms with Gasteiger partial charge in [0, 0.05) is 0 Å². The van der Waals surface area contributed by atoms with E-state index in [1.165, 1.54) is 20.0 Å². The molecule has 0 aromatic heterocycles. The number of piperidine rings is 1. The van der Waals surface area contributed by atoms with Crippen molar-refractivity contribution < 1.29 is 14.3 Å². The fourth-order valence-corrected chi connectivity index (χ4v) is 2.34. The second-order valence-electron chi connectivity index (χ2n) is 4.87. The van der Waals surface area contributed by atoms with Gasteiger partial charge in [-0.2, -0.15) is 0 Å². The first-order valence-electron chi connectivity index (χ1n) is 6.81. The van der Waals surface area contributed by atoms with E-state index < -0.39 is 0 Å². The van der Waals surface area contributed by atoms with Gasteiger partial charge in [-0.1, -0.05) is 6.07 Å². The number of carbonyl (C=O) groups is 1. The molecule has 1 atom stereocenters. The molecule has 0 aliphatic carbocycles. The molecule has 1 aliphatic heterocycles. The van der Waals surface area contributed by atoms with Crippen molar-refractivity contribution in [2.75, 3.05) is 26.8 Å². The van der Waals surface area contributed by atoms with Gasteiger partial charge in [0.2, 0.25) is 0 Å². The molecule has 0 bridgehead atoms.